The molecule has 0 saturated heterocycles. The molecule has 0 radical (unpaired) electrons. The van der Waals surface area contributed by atoms with E-state index in [1.54, 1.807) is 13.3 Å². The molecule has 1 atom stereocenters. The van der Waals surface area contributed by atoms with Gasteiger partial charge in [-0.2, -0.15) is 5.10 Å². The van der Waals surface area contributed by atoms with Crippen molar-refractivity contribution in [3.05, 3.63) is 49.8 Å². The first-order chi connectivity index (χ1) is 9.13. The molecule has 4 nitrogen and oxygen atoms in total. The van der Waals surface area contributed by atoms with Crippen LogP contribution in [0.5, 0.6) is 0 Å². The number of benzene rings is 1. The minimum Gasteiger partial charge on any atom is -0.383 e. The molecule has 2 rings (SSSR count). The molecule has 2 N–H and O–H groups in total. The maximum absolute atomic E-state index is 6.35. The van der Waals surface area contributed by atoms with E-state index >= 15 is 0 Å². The summed E-state index contributed by atoms with van der Waals surface area (Å²) in [6.07, 6.45) is 1.78. The molecule has 0 amide bonds. The second kappa shape index (κ2) is 6.83. The lowest BCUT2D eigenvalue weighted by Crippen LogP contribution is -2.19. The molecule has 0 aliphatic carbocycles. The summed E-state index contributed by atoms with van der Waals surface area (Å²) in [7, 11) is 1.68. The molecule has 0 aliphatic rings. The fraction of sp³-hybridized carbons (Fsp3) is 0.308. The van der Waals surface area contributed by atoms with Crippen molar-refractivity contribution in [2.45, 2.75) is 12.6 Å². The standard InChI is InChI=1S/C13H15BrIN3O/c1-19-7-6-18-13(11(14)8-17-18)12(16)9-2-4-10(15)5-3-9/h2-5,8,12H,6-7,16H2,1H3. The minimum atomic E-state index is -0.203. The maximum atomic E-state index is 6.35. The first kappa shape index (κ1) is 15.0. The molecule has 0 spiro atoms. The molecule has 6 heteroatoms. The van der Waals surface area contributed by atoms with Crippen LogP contribution in [0.2, 0.25) is 0 Å². The van der Waals surface area contributed by atoms with E-state index in [4.69, 9.17) is 10.5 Å². The summed E-state index contributed by atoms with van der Waals surface area (Å²) in [4.78, 5) is 0. The maximum Gasteiger partial charge on any atom is 0.0739 e. The SMILES string of the molecule is COCCn1ncc(Br)c1C(N)c1ccc(I)cc1. The van der Waals surface area contributed by atoms with Crippen LogP contribution in [0.1, 0.15) is 17.3 Å². The van der Waals surface area contributed by atoms with Crippen LogP contribution in [-0.4, -0.2) is 23.5 Å². The highest BCUT2D eigenvalue weighted by atomic mass is 127. The average molecular weight is 436 g/mol. The molecule has 0 bridgehead atoms. The Kier molecular flexibility index (Phi) is 5.37. The van der Waals surface area contributed by atoms with Gasteiger partial charge in [-0.15, -0.1) is 0 Å². The first-order valence-electron chi connectivity index (χ1n) is 5.84. The van der Waals surface area contributed by atoms with Crippen LogP contribution >= 0.6 is 38.5 Å². The second-order valence-corrected chi connectivity index (χ2v) is 6.22. The molecular weight excluding hydrogens is 421 g/mol. The Morgan fingerprint density at radius 2 is 2.11 bits per heavy atom. The van der Waals surface area contributed by atoms with Crippen molar-refractivity contribution >= 4 is 38.5 Å². The van der Waals surface area contributed by atoms with Crippen molar-refractivity contribution in [3.63, 3.8) is 0 Å². The molecule has 1 aromatic carbocycles. The van der Waals surface area contributed by atoms with E-state index in [9.17, 15) is 0 Å². The third-order valence-corrected chi connectivity index (χ3v) is 4.19. The molecular formula is C13H15BrIN3O. The highest BCUT2D eigenvalue weighted by Gasteiger charge is 2.18. The number of rotatable bonds is 5. The number of ether oxygens (including phenoxy) is 1. The molecule has 1 aromatic heterocycles. The van der Waals surface area contributed by atoms with Gasteiger partial charge in [0.15, 0.2) is 0 Å². The Balaban J connectivity index is 2.29. The normalized spacial score (nSPS) is 12.6. The van der Waals surface area contributed by atoms with Crippen LogP contribution in [0.4, 0.5) is 0 Å². The van der Waals surface area contributed by atoms with E-state index in [1.807, 2.05) is 16.8 Å². The van der Waals surface area contributed by atoms with Gasteiger partial charge < -0.3 is 10.5 Å². The van der Waals surface area contributed by atoms with E-state index < -0.39 is 0 Å². The van der Waals surface area contributed by atoms with Crippen molar-refractivity contribution in [1.82, 2.24) is 9.78 Å². The average Bonchev–Trinajstić information content (AvgIpc) is 2.77. The van der Waals surface area contributed by atoms with Gasteiger partial charge in [0, 0.05) is 10.7 Å². The van der Waals surface area contributed by atoms with Gasteiger partial charge in [-0.05, 0) is 56.2 Å². The third kappa shape index (κ3) is 3.56. The second-order valence-electron chi connectivity index (χ2n) is 4.12. The lowest BCUT2D eigenvalue weighted by Gasteiger charge is -2.15. The highest BCUT2D eigenvalue weighted by molar-refractivity contribution is 14.1. The number of methoxy groups -OCH3 is 1. The Labute approximate surface area is 134 Å². The largest absolute Gasteiger partial charge is 0.383 e. The topological polar surface area (TPSA) is 53.1 Å². The third-order valence-electron chi connectivity index (χ3n) is 2.86. The summed E-state index contributed by atoms with van der Waals surface area (Å²) in [5, 5.41) is 4.33. The molecule has 102 valence electrons. The van der Waals surface area contributed by atoms with Gasteiger partial charge in [0.1, 0.15) is 0 Å². The van der Waals surface area contributed by atoms with Crippen molar-refractivity contribution in [2.24, 2.45) is 5.73 Å². The lowest BCUT2D eigenvalue weighted by atomic mass is 10.1. The van der Waals surface area contributed by atoms with Crippen molar-refractivity contribution in [3.8, 4) is 0 Å². The van der Waals surface area contributed by atoms with Crippen molar-refractivity contribution in [2.75, 3.05) is 13.7 Å². The zero-order chi connectivity index (χ0) is 13.8. The van der Waals surface area contributed by atoms with Crippen LogP contribution in [0, 0.1) is 3.57 Å². The Hall–Kier alpha value is -0.440. The van der Waals surface area contributed by atoms with Crippen LogP contribution < -0.4 is 5.73 Å². The van der Waals surface area contributed by atoms with E-state index in [0.717, 1.165) is 15.7 Å². The summed E-state index contributed by atoms with van der Waals surface area (Å²) in [6.45, 7) is 1.30. The fourth-order valence-corrected chi connectivity index (χ4v) is 2.77. The van der Waals surface area contributed by atoms with Gasteiger partial charge in [0.25, 0.3) is 0 Å². The predicted octanol–water partition coefficient (Wildman–Crippen LogP) is 2.94. The molecule has 0 saturated carbocycles. The molecule has 2 aromatic rings. The number of nitrogens with two attached hydrogens (primary N) is 1. The van der Waals surface area contributed by atoms with E-state index in [2.05, 4.69) is 55.8 Å². The zero-order valence-corrected chi connectivity index (χ0v) is 14.3. The monoisotopic (exact) mass is 435 g/mol. The number of aromatic nitrogens is 2. The van der Waals surface area contributed by atoms with Gasteiger partial charge in [-0.25, -0.2) is 0 Å². The Morgan fingerprint density at radius 1 is 1.42 bits per heavy atom. The Morgan fingerprint density at radius 3 is 2.74 bits per heavy atom. The summed E-state index contributed by atoms with van der Waals surface area (Å²) in [5.41, 5.74) is 8.39. The smallest absolute Gasteiger partial charge is 0.0739 e. The highest BCUT2D eigenvalue weighted by Crippen LogP contribution is 2.27. The predicted molar refractivity (Wildman–Crippen MR) is 87.0 cm³/mol. The zero-order valence-electron chi connectivity index (χ0n) is 10.5. The van der Waals surface area contributed by atoms with Gasteiger partial charge >= 0.3 is 0 Å². The minimum absolute atomic E-state index is 0.203. The Bertz CT molecular complexity index is 541. The van der Waals surface area contributed by atoms with Crippen LogP contribution in [0.25, 0.3) is 0 Å². The van der Waals surface area contributed by atoms with Crippen LogP contribution in [0.3, 0.4) is 0 Å². The van der Waals surface area contributed by atoms with Gasteiger partial charge in [-0.1, -0.05) is 12.1 Å². The van der Waals surface area contributed by atoms with E-state index in [1.165, 1.54) is 3.57 Å². The molecule has 1 heterocycles. The molecule has 19 heavy (non-hydrogen) atoms. The van der Waals surface area contributed by atoms with Crippen molar-refractivity contribution < 1.29 is 4.74 Å². The number of halogens is 2. The molecule has 0 aliphatic heterocycles. The number of hydrogen-bond acceptors (Lipinski definition) is 3. The summed E-state index contributed by atoms with van der Waals surface area (Å²) >= 11 is 5.80. The van der Waals surface area contributed by atoms with E-state index in [-0.39, 0.29) is 6.04 Å². The van der Waals surface area contributed by atoms with Crippen molar-refractivity contribution in [1.29, 1.82) is 0 Å². The number of nitrogens with zero attached hydrogens (tertiary/aromatic N) is 2. The molecule has 0 fully saturated rings. The van der Waals surface area contributed by atoms with Crippen LogP contribution in [-0.2, 0) is 11.3 Å². The van der Waals surface area contributed by atoms with Crippen LogP contribution in [0.15, 0.2) is 34.9 Å². The lowest BCUT2D eigenvalue weighted by molar-refractivity contribution is 0.182. The summed E-state index contributed by atoms with van der Waals surface area (Å²) in [5.74, 6) is 0. The quantitative estimate of drug-likeness (QED) is 0.734. The summed E-state index contributed by atoms with van der Waals surface area (Å²) in [6, 6.07) is 8.00. The molecule has 1 unspecified atom stereocenters. The van der Waals surface area contributed by atoms with Gasteiger partial charge in [0.05, 0.1) is 35.6 Å². The summed E-state index contributed by atoms with van der Waals surface area (Å²) < 4.78 is 9.10. The van der Waals surface area contributed by atoms with Gasteiger partial charge in [-0.3, -0.25) is 4.68 Å². The number of hydrogen-bond donors (Lipinski definition) is 1. The van der Waals surface area contributed by atoms with Gasteiger partial charge in [0.2, 0.25) is 0 Å². The fourth-order valence-electron chi connectivity index (χ4n) is 1.87. The van der Waals surface area contributed by atoms with E-state index in [0.29, 0.717) is 13.2 Å². The first-order valence-corrected chi connectivity index (χ1v) is 7.72.